The van der Waals surface area contributed by atoms with Gasteiger partial charge in [-0.2, -0.15) is 0 Å². The van der Waals surface area contributed by atoms with Crippen molar-refractivity contribution in [2.24, 2.45) is 5.41 Å². The summed E-state index contributed by atoms with van der Waals surface area (Å²) in [5.41, 5.74) is 9.83. The zero-order chi connectivity index (χ0) is 27.5. The Balaban J connectivity index is 0.00000302. The number of aromatic nitrogens is 4. The summed E-state index contributed by atoms with van der Waals surface area (Å²) >= 11 is 0. The van der Waals surface area contributed by atoms with Gasteiger partial charge in [-0.1, -0.05) is 88.4 Å². The van der Waals surface area contributed by atoms with Crippen LogP contribution in [0.15, 0.2) is 66.7 Å². The number of nitrogens with zero attached hydrogens (tertiary/aromatic N) is 4. The number of rotatable bonds is 2. The number of fused-ring (bicyclic) bond motifs is 8. The van der Waals surface area contributed by atoms with Gasteiger partial charge < -0.3 is 19.4 Å². The van der Waals surface area contributed by atoms with E-state index in [0.717, 1.165) is 68.0 Å². The average Bonchev–Trinajstić information content (AvgIpc) is 3.71. The van der Waals surface area contributed by atoms with Gasteiger partial charge in [-0.25, -0.2) is 4.98 Å². The maximum absolute atomic E-state index is 6.29. The van der Waals surface area contributed by atoms with Gasteiger partial charge in [0, 0.05) is 28.6 Å². The molecule has 0 aliphatic carbocycles. The molecule has 7 heteroatoms. The molecule has 6 nitrogen and oxygen atoms in total. The van der Waals surface area contributed by atoms with Crippen LogP contribution in [0.4, 0.5) is 0 Å². The fraction of sp³-hybridized carbons (Fsp3) is 0.294. The minimum Gasteiger partial charge on any atom is -0.657 e. The Morgan fingerprint density at radius 3 is 2.27 bits per heavy atom. The van der Waals surface area contributed by atoms with Gasteiger partial charge in [0.15, 0.2) is 6.29 Å². The fourth-order valence-electron chi connectivity index (χ4n) is 5.63. The Bertz CT molecular complexity index is 1790. The van der Waals surface area contributed by atoms with Crippen LogP contribution in [0.1, 0.15) is 62.3 Å². The first-order valence-corrected chi connectivity index (χ1v) is 13.8. The Kier molecular flexibility index (Phi) is 7.09. The SMILES string of the molecule is CC1(C)COC(c2c3ccc(cc4nc(cc5nc(c(-c6ccccc6)c6ccc2[n-]6)C=C5)CC4(C)C)[n-]3)OC1.[Zn+2]. The summed E-state index contributed by atoms with van der Waals surface area (Å²) in [6.07, 6.45) is 4.41. The zero-order valence-corrected chi connectivity index (χ0v) is 27.0. The maximum Gasteiger partial charge on any atom is 2.00 e. The first-order valence-electron chi connectivity index (χ1n) is 13.8. The molecule has 1 saturated heterocycles. The molecule has 0 amide bonds. The first kappa shape index (κ1) is 27.8. The molecule has 0 radical (unpaired) electrons. The third kappa shape index (κ3) is 5.35. The molecule has 1 aromatic carbocycles. The smallest absolute Gasteiger partial charge is 0.657 e. The van der Waals surface area contributed by atoms with Gasteiger partial charge in [0.2, 0.25) is 0 Å². The standard InChI is InChI=1S/C34H32N4O2.Zn/c1-33(2)19-39-32(40-20-33)31-27-13-11-23(36-27)17-29-34(3,4)18-24(37-29)16-22-10-12-25(35-22)30(21-8-6-5-7-9-21)26-14-15-28(31)38-26;/h5-17,32H,18-20H2,1-4H3;/q-2;+2. The quantitative estimate of drug-likeness (QED) is 0.205. The van der Waals surface area contributed by atoms with E-state index in [1.165, 1.54) is 0 Å². The third-order valence-electron chi connectivity index (χ3n) is 7.76. The summed E-state index contributed by atoms with van der Waals surface area (Å²) < 4.78 is 12.6. The van der Waals surface area contributed by atoms with Gasteiger partial charge in [0.1, 0.15) is 0 Å². The second kappa shape index (κ2) is 10.5. The van der Waals surface area contributed by atoms with Crippen molar-refractivity contribution in [2.45, 2.75) is 45.8 Å². The van der Waals surface area contributed by atoms with Crippen molar-refractivity contribution in [1.82, 2.24) is 19.9 Å². The number of hydrogen-bond donors (Lipinski definition) is 0. The van der Waals surface area contributed by atoms with Crippen LogP contribution in [0.5, 0.6) is 0 Å². The minimum absolute atomic E-state index is 0. The molecule has 8 bridgehead atoms. The van der Waals surface area contributed by atoms with Crippen LogP contribution >= 0.6 is 0 Å². The van der Waals surface area contributed by atoms with Crippen LogP contribution in [-0.2, 0) is 40.8 Å². The van der Waals surface area contributed by atoms with Crippen LogP contribution in [0.2, 0.25) is 0 Å². The fourth-order valence-corrected chi connectivity index (χ4v) is 5.63. The monoisotopic (exact) mass is 592 g/mol. The summed E-state index contributed by atoms with van der Waals surface area (Å²) in [6, 6.07) is 22.7. The third-order valence-corrected chi connectivity index (χ3v) is 7.76. The summed E-state index contributed by atoms with van der Waals surface area (Å²) in [7, 11) is 0. The predicted octanol–water partition coefficient (Wildman–Crippen LogP) is 7.00. The molecule has 3 aliphatic rings. The van der Waals surface area contributed by atoms with E-state index in [9.17, 15) is 0 Å². The molecule has 6 heterocycles. The van der Waals surface area contributed by atoms with Crippen LogP contribution < -0.4 is 9.97 Å². The van der Waals surface area contributed by atoms with E-state index in [2.05, 4.69) is 70.2 Å². The van der Waals surface area contributed by atoms with Crippen molar-refractivity contribution < 1.29 is 29.0 Å². The van der Waals surface area contributed by atoms with Gasteiger partial charge in [-0.15, -0.1) is 22.1 Å². The van der Waals surface area contributed by atoms with E-state index in [1.54, 1.807) is 0 Å². The molecule has 0 atom stereocenters. The number of ether oxygens (including phenoxy) is 2. The molecule has 41 heavy (non-hydrogen) atoms. The van der Waals surface area contributed by atoms with Gasteiger partial charge >= 0.3 is 19.5 Å². The maximum atomic E-state index is 6.29. The average molecular weight is 594 g/mol. The van der Waals surface area contributed by atoms with Crippen molar-refractivity contribution in [3.63, 3.8) is 0 Å². The molecule has 202 valence electrons. The van der Waals surface area contributed by atoms with E-state index >= 15 is 0 Å². The van der Waals surface area contributed by atoms with E-state index in [1.807, 2.05) is 36.4 Å². The van der Waals surface area contributed by atoms with Crippen molar-refractivity contribution in [3.05, 3.63) is 95.1 Å². The molecule has 0 unspecified atom stereocenters. The van der Waals surface area contributed by atoms with E-state index in [4.69, 9.17) is 29.4 Å². The van der Waals surface area contributed by atoms with Crippen LogP contribution in [0, 0.1) is 5.41 Å². The Morgan fingerprint density at radius 1 is 0.780 bits per heavy atom. The topological polar surface area (TPSA) is 72.4 Å². The summed E-state index contributed by atoms with van der Waals surface area (Å²) in [5, 5.41) is 0. The summed E-state index contributed by atoms with van der Waals surface area (Å²) in [4.78, 5) is 20.2. The van der Waals surface area contributed by atoms with Crippen LogP contribution in [-0.4, -0.2) is 23.2 Å². The number of hydrogen-bond acceptors (Lipinski definition) is 4. The number of benzene rings is 1. The minimum atomic E-state index is -0.559. The normalized spacial score (nSPS) is 17.8. The predicted molar refractivity (Wildman–Crippen MR) is 158 cm³/mol. The summed E-state index contributed by atoms with van der Waals surface area (Å²) in [6.45, 7) is 9.93. The first-order chi connectivity index (χ1) is 19.2. The van der Waals surface area contributed by atoms with E-state index in [-0.39, 0.29) is 30.3 Å². The molecule has 0 spiro atoms. The van der Waals surface area contributed by atoms with Gasteiger partial charge in [0.25, 0.3) is 0 Å². The molecule has 0 saturated carbocycles. The van der Waals surface area contributed by atoms with Crippen molar-refractivity contribution in [3.8, 4) is 11.1 Å². The molecule has 4 aromatic rings. The molecular formula is C34H32N4O2Zn. The Morgan fingerprint density at radius 2 is 1.49 bits per heavy atom. The second-order valence-electron chi connectivity index (χ2n) is 12.3. The van der Waals surface area contributed by atoms with Crippen molar-refractivity contribution in [2.75, 3.05) is 13.2 Å². The Labute approximate surface area is 253 Å². The Hall–Kier alpha value is -3.38. The molecule has 3 aliphatic heterocycles. The molecular weight excluding hydrogens is 562 g/mol. The second-order valence-corrected chi connectivity index (χ2v) is 12.3. The van der Waals surface area contributed by atoms with Crippen molar-refractivity contribution in [1.29, 1.82) is 0 Å². The molecule has 0 N–H and O–H groups in total. The van der Waals surface area contributed by atoms with E-state index < -0.39 is 6.29 Å². The molecule has 1 fully saturated rings. The summed E-state index contributed by atoms with van der Waals surface area (Å²) in [5.74, 6) is 0. The van der Waals surface area contributed by atoms with E-state index in [0.29, 0.717) is 13.2 Å². The van der Waals surface area contributed by atoms with Gasteiger partial charge in [-0.05, 0) is 34.9 Å². The zero-order valence-electron chi connectivity index (χ0n) is 24.0. The van der Waals surface area contributed by atoms with Gasteiger partial charge in [0.05, 0.1) is 24.6 Å². The van der Waals surface area contributed by atoms with Crippen molar-refractivity contribution >= 4 is 34.2 Å². The van der Waals surface area contributed by atoms with Crippen LogP contribution in [0.3, 0.4) is 0 Å². The molecule has 3 aromatic heterocycles. The van der Waals surface area contributed by atoms with Gasteiger partial charge in [-0.3, -0.25) is 4.98 Å². The van der Waals surface area contributed by atoms with Crippen LogP contribution in [0.25, 0.3) is 45.3 Å². The largest absolute Gasteiger partial charge is 2.00 e. The molecule has 7 rings (SSSR count).